The number of ether oxygens (including phenoxy) is 1. The Balaban J connectivity index is 1.73. The molecular weight excluding hydrogens is 366 g/mol. The quantitative estimate of drug-likeness (QED) is 0.699. The number of rotatable bonds is 7. The molecule has 0 heterocycles. The lowest BCUT2D eigenvalue weighted by Crippen LogP contribution is -2.49. The van der Waals surface area contributed by atoms with Gasteiger partial charge >= 0.3 is 12.1 Å². The van der Waals surface area contributed by atoms with Crippen LogP contribution in [0.4, 0.5) is 4.79 Å². The summed E-state index contributed by atoms with van der Waals surface area (Å²) in [5, 5.41) is 12.3. The normalized spacial score (nSPS) is 14.0. The third-order valence-corrected chi connectivity index (χ3v) is 5.81. The molecule has 0 radical (unpaired) electrons. The van der Waals surface area contributed by atoms with Crippen molar-refractivity contribution in [1.82, 2.24) is 5.32 Å². The number of aliphatic carboxylic acids is 1. The van der Waals surface area contributed by atoms with Crippen molar-refractivity contribution in [2.24, 2.45) is 17.8 Å². The van der Waals surface area contributed by atoms with Gasteiger partial charge in [0.15, 0.2) is 0 Å². The predicted molar refractivity (Wildman–Crippen MR) is 113 cm³/mol. The number of carbonyl (C=O) groups excluding carboxylic acids is 1. The molecule has 0 saturated heterocycles. The van der Waals surface area contributed by atoms with Gasteiger partial charge in [0.1, 0.15) is 12.6 Å². The highest BCUT2D eigenvalue weighted by atomic mass is 16.5. The molecule has 0 spiro atoms. The monoisotopic (exact) mass is 395 g/mol. The first-order valence-corrected chi connectivity index (χ1v) is 10.2. The minimum atomic E-state index is -1.04. The zero-order valence-electron chi connectivity index (χ0n) is 17.4. The average molecular weight is 395 g/mol. The Morgan fingerprint density at radius 1 is 0.931 bits per heavy atom. The molecule has 1 unspecified atom stereocenters. The van der Waals surface area contributed by atoms with Crippen LogP contribution in [0.25, 0.3) is 11.1 Å². The number of amides is 1. The van der Waals surface area contributed by atoms with E-state index in [1.54, 1.807) is 0 Å². The minimum Gasteiger partial charge on any atom is -0.480 e. The fourth-order valence-corrected chi connectivity index (χ4v) is 4.63. The van der Waals surface area contributed by atoms with Gasteiger partial charge in [-0.3, -0.25) is 0 Å². The smallest absolute Gasteiger partial charge is 0.407 e. The minimum absolute atomic E-state index is 0.0533. The molecule has 154 valence electrons. The van der Waals surface area contributed by atoms with Crippen LogP contribution in [0.2, 0.25) is 0 Å². The van der Waals surface area contributed by atoms with Gasteiger partial charge < -0.3 is 15.2 Å². The van der Waals surface area contributed by atoms with Gasteiger partial charge in [-0.1, -0.05) is 76.2 Å². The molecule has 0 aromatic heterocycles. The molecule has 0 saturated carbocycles. The van der Waals surface area contributed by atoms with Gasteiger partial charge in [0, 0.05) is 5.92 Å². The number of carbonyl (C=O) groups is 2. The molecular formula is C24H29NO4. The Bertz CT molecular complexity index is 836. The van der Waals surface area contributed by atoms with Gasteiger partial charge in [-0.05, 0) is 40.0 Å². The molecule has 1 aliphatic rings. The molecule has 2 aromatic rings. The van der Waals surface area contributed by atoms with Crippen molar-refractivity contribution < 1.29 is 19.4 Å². The second kappa shape index (κ2) is 8.68. The Morgan fingerprint density at radius 2 is 1.41 bits per heavy atom. The number of fused-ring (bicyclic) bond motifs is 3. The van der Waals surface area contributed by atoms with Crippen molar-refractivity contribution in [1.29, 1.82) is 0 Å². The summed E-state index contributed by atoms with van der Waals surface area (Å²) in [4.78, 5) is 24.3. The third-order valence-electron chi connectivity index (χ3n) is 5.81. The lowest BCUT2D eigenvalue weighted by molar-refractivity contribution is -0.142. The third kappa shape index (κ3) is 4.29. The lowest BCUT2D eigenvalue weighted by atomic mass is 9.80. The highest BCUT2D eigenvalue weighted by molar-refractivity contribution is 5.81. The Morgan fingerprint density at radius 3 is 1.86 bits per heavy atom. The van der Waals surface area contributed by atoms with Gasteiger partial charge in [-0.25, -0.2) is 9.59 Å². The molecule has 0 bridgehead atoms. The van der Waals surface area contributed by atoms with E-state index in [9.17, 15) is 14.7 Å². The molecule has 1 amide bonds. The molecule has 0 aliphatic heterocycles. The van der Waals surface area contributed by atoms with E-state index < -0.39 is 18.1 Å². The van der Waals surface area contributed by atoms with E-state index in [1.807, 2.05) is 52.0 Å². The fraction of sp³-hybridized carbons (Fsp3) is 0.417. The van der Waals surface area contributed by atoms with Gasteiger partial charge in [0.2, 0.25) is 0 Å². The first-order valence-electron chi connectivity index (χ1n) is 10.2. The van der Waals surface area contributed by atoms with E-state index in [0.717, 1.165) is 22.3 Å². The number of hydrogen-bond acceptors (Lipinski definition) is 3. The number of alkyl carbamates (subject to hydrolysis) is 1. The Labute approximate surface area is 172 Å². The highest BCUT2D eigenvalue weighted by Crippen LogP contribution is 2.44. The van der Waals surface area contributed by atoms with Crippen molar-refractivity contribution in [3.05, 3.63) is 59.7 Å². The molecule has 5 nitrogen and oxygen atoms in total. The maximum Gasteiger partial charge on any atom is 0.407 e. The van der Waals surface area contributed by atoms with Crippen molar-refractivity contribution in [2.75, 3.05) is 6.61 Å². The first-order chi connectivity index (χ1) is 13.8. The summed E-state index contributed by atoms with van der Waals surface area (Å²) in [6.45, 7) is 8.06. The first kappa shape index (κ1) is 20.9. The summed E-state index contributed by atoms with van der Waals surface area (Å²) in [5.74, 6) is -1.05. The van der Waals surface area contributed by atoms with Crippen LogP contribution >= 0.6 is 0 Å². The predicted octanol–water partition coefficient (Wildman–Crippen LogP) is 4.91. The Kier molecular flexibility index (Phi) is 6.26. The van der Waals surface area contributed by atoms with Crippen LogP contribution in [0.3, 0.4) is 0 Å². The maximum absolute atomic E-state index is 12.5. The van der Waals surface area contributed by atoms with Gasteiger partial charge in [-0.15, -0.1) is 0 Å². The number of carboxylic acid groups (broad SMARTS) is 1. The van der Waals surface area contributed by atoms with E-state index in [2.05, 4.69) is 29.6 Å². The van der Waals surface area contributed by atoms with Crippen LogP contribution < -0.4 is 5.32 Å². The highest BCUT2D eigenvalue weighted by Gasteiger charge is 2.35. The van der Waals surface area contributed by atoms with Crippen molar-refractivity contribution in [3.63, 3.8) is 0 Å². The zero-order valence-corrected chi connectivity index (χ0v) is 17.4. The zero-order chi connectivity index (χ0) is 21.1. The largest absolute Gasteiger partial charge is 0.480 e. The summed E-state index contributed by atoms with van der Waals surface area (Å²) in [7, 11) is 0. The van der Waals surface area contributed by atoms with Crippen LogP contribution in [-0.4, -0.2) is 29.8 Å². The number of carboxylic acids is 1. The van der Waals surface area contributed by atoms with Crippen LogP contribution in [0.15, 0.2) is 48.5 Å². The van der Waals surface area contributed by atoms with E-state index in [1.165, 1.54) is 0 Å². The summed E-state index contributed by atoms with van der Waals surface area (Å²) in [6.07, 6.45) is -0.689. The SMILES string of the molecule is CC(C)C(C(C)C)C(NC(=O)OCC1c2ccccc2-c2ccccc21)C(=O)O. The van der Waals surface area contributed by atoms with Crippen LogP contribution in [-0.2, 0) is 9.53 Å². The van der Waals surface area contributed by atoms with Gasteiger partial charge in [-0.2, -0.15) is 0 Å². The second-order valence-electron chi connectivity index (χ2n) is 8.35. The molecule has 2 N–H and O–H groups in total. The van der Waals surface area contributed by atoms with E-state index in [4.69, 9.17) is 4.74 Å². The van der Waals surface area contributed by atoms with E-state index in [-0.39, 0.29) is 30.3 Å². The maximum atomic E-state index is 12.5. The molecule has 3 rings (SSSR count). The summed E-state index contributed by atoms with van der Waals surface area (Å²) in [5.41, 5.74) is 4.55. The molecule has 0 fully saturated rings. The van der Waals surface area contributed by atoms with Crippen molar-refractivity contribution in [3.8, 4) is 11.1 Å². The van der Waals surface area contributed by atoms with E-state index >= 15 is 0 Å². The molecule has 2 aromatic carbocycles. The molecule has 5 heteroatoms. The Hall–Kier alpha value is -2.82. The molecule has 29 heavy (non-hydrogen) atoms. The van der Waals surface area contributed by atoms with Gasteiger partial charge in [0.05, 0.1) is 0 Å². The summed E-state index contributed by atoms with van der Waals surface area (Å²) < 4.78 is 5.52. The number of benzene rings is 2. The standard InChI is InChI=1S/C24H29NO4/c1-14(2)21(15(3)4)22(23(26)27)25-24(28)29-13-20-18-11-7-5-9-16(18)17-10-6-8-12-19(17)20/h5-12,14-15,20-22H,13H2,1-4H3,(H,25,28)(H,26,27). The van der Waals surface area contributed by atoms with Gasteiger partial charge in [0.25, 0.3) is 0 Å². The second-order valence-corrected chi connectivity index (χ2v) is 8.35. The molecule has 1 atom stereocenters. The fourth-order valence-electron chi connectivity index (χ4n) is 4.63. The van der Waals surface area contributed by atoms with Crippen molar-refractivity contribution in [2.45, 2.75) is 39.7 Å². The summed E-state index contributed by atoms with van der Waals surface area (Å²) >= 11 is 0. The summed E-state index contributed by atoms with van der Waals surface area (Å²) in [6, 6.07) is 15.2. The van der Waals surface area contributed by atoms with Crippen LogP contribution in [0.1, 0.15) is 44.7 Å². The molecule has 1 aliphatic carbocycles. The lowest BCUT2D eigenvalue weighted by Gasteiger charge is -2.31. The average Bonchev–Trinajstić information content (AvgIpc) is 2.99. The van der Waals surface area contributed by atoms with Crippen LogP contribution in [0, 0.1) is 17.8 Å². The number of nitrogens with one attached hydrogen (secondary N) is 1. The topological polar surface area (TPSA) is 75.6 Å². The van der Waals surface area contributed by atoms with Crippen LogP contribution in [0.5, 0.6) is 0 Å². The van der Waals surface area contributed by atoms with E-state index in [0.29, 0.717) is 0 Å². The van der Waals surface area contributed by atoms with Crippen molar-refractivity contribution >= 4 is 12.1 Å². The number of hydrogen-bond donors (Lipinski definition) is 2.